The lowest BCUT2D eigenvalue weighted by Crippen LogP contribution is -2.17. The van der Waals surface area contributed by atoms with Gasteiger partial charge >= 0.3 is 0 Å². The van der Waals surface area contributed by atoms with Crippen molar-refractivity contribution in [1.29, 1.82) is 0 Å². The second-order valence-electron chi connectivity index (χ2n) is 4.98. The van der Waals surface area contributed by atoms with Crippen LogP contribution in [0.3, 0.4) is 0 Å². The van der Waals surface area contributed by atoms with Gasteiger partial charge in [0.1, 0.15) is 0 Å². The average molecular weight is 266 g/mol. The fourth-order valence-electron chi connectivity index (χ4n) is 1.77. The van der Waals surface area contributed by atoms with E-state index in [4.69, 9.17) is 5.73 Å². The molecular formula is C15H26N2S. The average Bonchev–Trinajstić information content (AvgIpc) is 2.35. The first-order chi connectivity index (χ1) is 8.63. The van der Waals surface area contributed by atoms with Gasteiger partial charge in [-0.1, -0.05) is 37.6 Å². The molecule has 102 valence electrons. The van der Waals surface area contributed by atoms with Gasteiger partial charge in [-0.3, -0.25) is 0 Å². The SMILES string of the molecule is CCCc1ccc(C(N)CSCCN(C)C)cc1. The van der Waals surface area contributed by atoms with E-state index in [0.717, 1.165) is 24.5 Å². The van der Waals surface area contributed by atoms with Crippen molar-refractivity contribution in [3.8, 4) is 0 Å². The van der Waals surface area contributed by atoms with Gasteiger partial charge in [-0.05, 0) is 31.6 Å². The van der Waals surface area contributed by atoms with Crippen LogP contribution in [0.4, 0.5) is 0 Å². The van der Waals surface area contributed by atoms with Crippen molar-refractivity contribution < 1.29 is 0 Å². The molecule has 2 nitrogen and oxygen atoms in total. The zero-order valence-electron chi connectivity index (χ0n) is 11.9. The number of nitrogens with zero attached hydrogens (tertiary/aromatic N) is 1. The van der Waals surface area contributed by atoms with E-state index in [0.29, 0.717) is 0 Å². The molecule has 18 heavy (non-hydrogen) atoms. The Morgan fingerprint density at radius 3 is 2.44 bits per heavy atom. The number of hydrogen-bond acceptors (Lipinski definition) is 3. The van der Waals surface area contributed by atoms with Crippen LogP contribution >= 0.6 is 11.8 Å². The molecule has 0 aliphatic heterocycles. The van der Waals surface area contributed by atoms with E-state index in [2.05, 4.69) is 50.2 Å². The smallest absolute Gasteiger partial charge is 0.0386 e. The number of hydrogen-bond donors (Lipinski definition) is 1. The van der Waals surface area contributed by atoms with Crippen LogP contribution in [0.25, 0.3) is 0 Å². The van der Waals surface area contributed by atoms with Gasteiger partial charge < -0.3 is 10.6 Å². The third-order valence-electron chi connectivity index (χ3n) is 2.93. The molecule has 0 aromatic heterocycles. The van der Waals surface area contributed by atoms with Gasteiger partial charge in [0.15, 0.2) is 0 Å². The second kappa shape index (κ2) is 8.57. The lowest BCUT2D eigenvalue weighted by molar-refractivity contribution is 0.437. The van der Waals surface area contributed by atoms with Crippen LogP contribution in [0.2, 0.25) is 0 Å². The van der Waals surface area contributed by atoms with E-state index in [1.807, 2.05) is 11.8 Å². The fourth-order valence-corrected chi connectivity index (χ4v) is 2.88. The Bertz CT molecular complexity index is 322. The molecule has 0 saturated carbocycles. The molecule has 0 fully saturated rings. The van der Waals surface area contributed by atoms with Crippen LogP contribution in [0, 0.1) is 0 Å². The summed E-state index contributed by atoms with van der Waals surface area (Å²) < 4.78 is 0. The van der Waals surface area contributed by atoms with Crippen molar-refractivity contribution in [1.82, 2.24) is 4.90 Å². The Balaban J connectivity index is 2.34. The van der Waals surface area contributed by atoms with Crippen LogP contribution in [0.1, 0.15) is 30.5 Å². The standard InChI is InChI=1S/C15H26N2S/c1-4-5-13-6-8-14(9-7-13)15(16)12-18-11-10-17(2)3/h6-9,15H,4-5,10-12,16H2,1-3H3. The summed E-state index contributed by atoms with van der Waals surface area (Å²) in [5.41, 5.74) is 8.87. The summed E-state index contributed by atoms with van der Waals surface area (Å²) in [4.78, 5) is 2.21. The molecule has 0 aliphatic rings. The Hall–Kier alpha value is -0.510. The van der Waals surface area contributed by atoms with Gasteiger partial charge in [0.25, 0.3) is 0 Å². The van der Waals surface area contributed by atoms with Crippen molar-refractivity contribution >= 4 is 11.8 Å². The van der Waals surface area contributed by atoms with E-state index in [9.17, 15) is 0 Å². The molecule has 0 radical (unpaired) electrons. The lowest BCUT2D eigenvalue weighted by atomic mass is 10.0. The van der Waals surface area contributed by atoms with Gasteiger partial charge in [0.05, 0.1) is 0 Å². The quantitative estimate of drug-likeness (QED) is 0.734. The maximum Gasteiger partial charge on any atom is 0.0386 e. The normalized spacial score (nSPS) is 12.9. The van der Waals surface area contributed by atoms with Crippen molar-refractivity contribution in [3.63, 3.8) is 0 Å². The molecule has 0 bridgehead atoms. The van der Waals surface area contributed by atoms with Gasteiger partial charge in [0.2, 0.25) is 0 Å². The van der Waals surface area contributed by atoms with Crippen LogP contribution < -0.4 is 5.73 Å². The van der Waals surface area contributed by atoms with Crippen molar-refractivity contribution in [2.45, 2.75) is 25.8 Å². The number of rotatable bonds is 8. The van der Waals surface area contributed by atoms with Crippen LogP contribution in [0.5, 0.6) is 0 Å². The maximum atomic E-state index is 6.20. The highest BCUT2D eigenvalue weighted by atomic mass is 32.2. The molecule has 1 aromatic rings. The van der Waals surface area contributed by atoms with Gasteiger partial charge in [-0.2, -0.15) is 11.8 Å². The monoisotopic (exact) mass is 266 g/mol. The van der Waals surface area contributed by atoms with E-state index in [1.54, 1.807) is 0 Å². The highest BCUT2D eigenvalue weighted by molar-refractivity contribution is 7.99. The minimum absolute atomic E-state index is 0.160. The molecule has 1 rings (SSSR count). The van der Waals surface area contributed by atoms with E-state index >= 15 is 0 Å². The molecule has 0 spiro atoms. The van der Waals surface area contributed by atoms with E-state index in [1.165, 1.54) is 17.5 Å². The van der Waals surface area contributed by atoms with Crippen molar-refractivity contribution in [3.05, 3.63) is 35.4 Å². The molecule has 0 amide bonds. The van der Waals surface area contributed by atoms with Crippen LogP contribution in [-0.2, 0) is 6.42 Å². The predicted molar refractivity (Wildman–Crippen MR) is 83.2 cm³/mol. The highest BCUT2D eigenvalue weighted by Gasteiger charge is 2.06. The summed E-state index contributed by atoms with van der Waals surface area (Å²) in [6, 6.07) is 8.95. The van der Waals surface area contributed by atoms with Crippen molar-refractivity contribution in [2.24, 2.45) is 5.73 Å². The molecule has 0 heterocycles. The summed E-state index contributed by atoms with van der Waals surface area (Å²) in [6.45, 7) is 3.33. The number of nitrogens with two attached hydrogens (primary N) is 1. The molecule has 0 saturated heterocycles. The lowest BCUT2D eigenvalue weighted by Gasteiger charge is -2.14. The van der Waals surface area contributed by atoms with Crippen LogP contribution in [-0.4, -0.2) is 37.0 Å². The largest absolute Gasteiger partial charge is 0.323 e. The molecule has 2 N–H and O–H groups in total. The Labute approximate surface area is 116 Å². The highest BCUT2D eigenvalue weighted by Crippen LogP contribution is 2.17. The zero-order valence-corrected chi connectivity index (χ0v) is 12.7. The first kappa shape index (κ1) is 15.5. The Morgan fingerprint density at radius 1 is 1.22 bits per heavy atom. The number of aryl methyl sites for hydroxylation is 1. The van der Waals surface area contributed by atoms with Gasteiger partial charge in [-0.15, -0.1) is 0 Å². The summed E-state index contributed by atoms with van der Waals surface area (Å²) in [5, 5.41) is 0. The fraction of sp³-hybridized carbons (Fsp3) is 0.600. The zero-order chi connectivity index (χ0) is 13.4. The molecule has 1 unspecified atom stereocenters. The minimum atomic E-state index is 0.160. The van der Waals surface area contributed by atoms with Gasteiger partial charge in [-0.25, -0.2) is 0 Å². The van der Waals surface area contributed by atoms with Gasteiger partial charge in [0, 0.05) is 24.1 Å². The summed E-state index contributed by atoms with van der Waals surface area (Å²) in [7, 11) is 4.21. The summed E-state index contributed by atoms with van der Waals surface area (Å²) in [5.74, 6) is 2.15. The molecule has 3 heteroatoms. The first-order valence-electron chi connectivity index (χ1n) is 6.70. The molecular weight excluding hydrogens is 240 g/mol. The predicted octanol–water partition coefficient (Wildman–Crippen LogP) is 2.93. The number of benzene rings is 1. The Kier molecular flexibility index (Phi) is 7.40. The minimum Gasteiger partial charge on any atom is -0.323 e. The Morgan fingerprint density at radius 2 is 1.89 bits per heavy atom. The third kappa shape index (κ3) is 5.89. The molecule has 1 atom stereocenters. The molecule has 1 aromatic carbocycles. The first-order valence-corrected chi connectivity index (χ1v) is 7.85. The van der Waals surface area contributed by atoms with E-state index < -0.39 is 0 Å². The second-order valence-corrected chi connectivity index (χ2v) is 6.13. The van der Waals surface area contributed by atoms with Crippen molar-refractivity contribution in [2.75, 3.05) is 32.1 Å². The summed E-state index contributed by atoms with van der Waals surface area (Å²) >= 11 is 1.93. The third-order valence-corrected chi connectivity index (χ3v) is 3.99. The topological polar surface area (TPSA) is 29.3 Å². The number of thioether (sulfide) groups is 1. The van der Waals surface area contributed by atoms with Crippen LogP contribution in [0.15, 0.2) is 24.3 Å². The van der Waals surface area contributed by atoms with E-state index in [-0.39, 0.29) is 6.04 Å². The molecule has 0 aliphatic carbocycles. The maximum absolute atomic E-state index is 6.20. The summed E-state index contributed by atoms with van der Waals surface area (Å²) in [6.07, 6.45) is 2.36.